The Kier molecular flexibility index (Phi) is 5.44. The first kappa shape index (κ1) is 18.6. The minimum atomic E-state index is -3.52. The number of carbonyl (C=O) groups excluding carboxylic acids is 1. The second-order valence-electron chi connectivity index (χ2n) is 6.90. The third-order valence-corrected chi connectivity index (χ3v) is 6.27. The minimum Gasteiger partial charge on any atom is -0.322 e. The van der Waals surface area contributed by atoms with Gasteiger partial charge in [0.2, 0.25) is 10.0 Å². The zero-order chi connectivity index (χ0) is 18.7. The molecular formula is C20H24N2O3S. The normalized spacial score (nSPS) is 15.2. The number of aryl methyl sites for hydroxylation is 2. The van der Waals surface area contributed by atoms with E-state index in [2.05, 4.69) is 10.0 Å². The smallest absolute Gasteiger partial charge is 0.255 e. The van der Waals surface area contributed by atoms with Gasteiger partial charge in [0, 0.05) is 17.3 Å². The van der Waals surface area contributed by atoms with Crippen molar-refractivity contribution in [1.29, 1.82) is 0 Å². The van der Waals surface area contributed by atoms with Crippen molar-refractivity contribution < 1.29 is 13.2 Å². The van der Waals surface area contributed by atoms with E-state index in [0.717, 1.165) is 36.8 Å². The molecule has 138 valence electrons. The summed E-state index contributed by atoms with van der Waals surface area (Å²) in [5.74, 6) is -0.203. The van der Waals surface area contributed by atoms with Crippen LogP contribution < -0.4 is 10.0 Å². The number of rotatable bonds is 5. The quantitative estimate of drug-likeness (QED) is 0.839. The summed E-state index contributed by atoms with van der Waals surface area (Å²) in [6.45, 7) is 3.83. The van der Waals surface area contributed by atoms with Gasteiger partial charge in [-0.25, -0.2) is 13.1 Å². The summed E-state index contributed by atoms with van der Waals surface area (Å²) < 4.78 is 27.6. The van der Waals surface area contributed by atoms with Crippen LogP contribution in [0.5, 0.6) is 0 Å². The van der Waals surface area contributed by atoms with Crippen LogP contribution in [-0.4, -0.2) is 20.4 Å². The largest absolute Gasteiger partial charge is 0.322 e. The SMILES string of the molecule is Cc1ccc(C)c(C(=O)Nc2ccc(S(=O)(=O)NC3CCCC3)cc2)c1. The predicted molar refractivity (Wildman–Crippen MR) is 103 cm³/mol. The monoisotopic (exact) mass is 372 g/mol. The van der Waals surface area contributed by atoms with E-state index >= 15 is 0 Å². The van der Waals surface area contributed by atoms with E-state index in [4.69, 9.17) is 0 Å². The van der Waals surface area contributed by atoms with Crippen LogP contribution in [0.25, 0.3) is 0 Å². The van der Waals surface area contributed by atoms with Gasteiger partial charge in [0.05, 0.1) is 4.90 Å². The van der Waals surface area contributed by atoms with E-state index in [9.17, 15) is 13.2 Å². The molecule has 0 aliphatic heterocycles. The van der Waals surface area contributed by atoms with Gasteiger partial charge in [0.25, 0.3) is 5.91 Å². The fourth-order valence-electron chi connectivity index (χ4n) is 3.23. The molecule has 0 unspecified atom stereocenters. The lowest BCUT2D eigenvalue weighted by atomic mass is 10.1. The maximum absolute atomic E-state index is 12.5. The van der Waals surface area contributed by atoms with Crippen LogP contribution in [0.4, 0.5) is 5.69 Å². The molecule has 2 aromatic rings. The van der Waals surface area contributed by atoms with Gasteiger partial charge in [-0.15, -0.1) is 0 Å². The standard InChI is InChI=1S/C20H24N2O3S/c1-14-7-8-15(2)19(13-14)20(23)21-16-9-11-18(12-10-16)26(24,25)22-17-5-3-4-6-17/h7-13,17,22H,3-6H2,1-2H3,(H,21,23). The molecule has 1 amide bonds. The lowest BCUT2D eigenvalue weighted by Gasteiger charge is -2.13. The number of anilines is 1. The van der Waals surface area contributed by atoms with Gasteiger partial charge in [-0.05, 0) is 62.6 Å². The summed E-state index contributed by atoms with van der Waals surface area (Å²) in [6, 6.07) is 12.0. The summed E-state index contributed by atoms with van der Waals surface area (Å²) >= 11 is 0. The Balaban J connectivity index is 1.71. The molecule has 2 aromatic carbocycles. The molecule has 0 heterocycles. The number of nitrogens with one attached hydrogen (secondary N) is 2. The Hall–Kier alpha value is -2.18. The van der Waals surface area contributed by atoms with Gasteiger partial charge in [0.15, 0.2) is 0 Å². The highest BCUT2D eigenvalue weighted by Crippen LogP contribution is 2.21. The molecule has 6 heteroatoms. The van der Waals surface area contributed by atoms with Crippen molar-refractivity contribution >= 4 is 21.6 Å². The van der Waals surface area contributed by atoms with Crippen molar-refractivity contribution in [3.8, 4) is 0 Å². The molecule has 1 aliphatic carbocycles. The molecule has 0 radical (unpaired) electrons. The molecule has 0 spiro atoms. The Morgan fingerprint density at radius 3 is 2.31 bits per heavy atom. The van der Waals surface area contributed by atoms with Gasteiger partial charge in [-0.3, -0.25) is 4.79 Å². The van der Waals surface area contributed by atoms with Crippen LogP contribution in [0.15, 0.2) is 47.4 Å². The van der Waals surface area contributed by atoms with E-state index in [0.29, 0.717) is 11.3 Å². The molecule has 0 bridgehead atoms. The minimum absolute atomic E-state index is 0.0312. The van der Waals surface area contributed by atoms with Gasteiger partial charge >= 0.3 is 0 Å². The van der Waals surface area contributed by atoms with Gasteiger partial charge in [-0.2, -0.15) is 0 Å². The van der Waals surface area contributed by atoms with Crippen LogP contribution in [0, 0.1) is 13.8 Å². The highest BCUT2D eigenvalue weighted by atomic mass is 32.2. The van der Waals surface area contributed by atoms with Crippen molar-refractivity contribution in [2.45, 2.75) is 50.5 Å². The molecule has 26 heavy (non-hydrogen) atoms. The zero-order valence-corrected chi connectivity index (χ0v) is 15.9. The summed E-state index contributed by atoms with van der Waals surface area (Å²) in [7, 11) is -3.52. The maximum Gasteiger partial charge on any atom is 0.255 e. The molecule has 1 aliphatic rings. The van der Waals surface area contributed by atoms with Crippen molar-refractivity contribution in [2.24, 2.45) is 0 Å². The Morgan fingerprint density at radius 2 is 1.65 bits per heavy atom. The fraction of sp³-hybridized carbons (Fsp3) is 0.350. The van der Waals surface area contributed by atoms with Crippen LogP contribution >= 0.6 is 0 Å². The summed E-state index contributed by atoms with van der Waals surface area (Å²) in [6.07, 6.45) is 3.92. The molecule has 1 saturated carbocycles. The van der Waals surface area contributed by atoms with Crippen LogP contribution in [0.3, 0.4) is 0 Å². The first-order valence-electron chi connectivity index (χ1n) is 8.86. The molecule has 3 rings (SSSR count). The Labute approximate surface area is 154 Å². The second kappa shape index (κ2) is 7.60. The third-order valence-electron chi connectivity index (χ3n) is 4.74. The van der Waals surface area contributed by atoms with Gasteiger partial charge < -0.3 is 5.32 Å². The van der Waals surface area contributed by atoms with E-state index in [1.54, 1.807) is 12.1 Å². The molecule has 2 N–H and O–H groups in total. The molecule has 1 fully saturated rings. The number of benzene rings is 2. The van der Waals surface area contributed by atoms with Crippen molar-refractivity contribution in [1.82, 2.24) is 4.72 Å². The fourth-order valence-corrected chi connectivity index (χ4v) is 4.53. The summed E-state index contributed by atoms with van der Waals surface area (Å²) in [5.41, 5.74) is 3.09. The lowest BCUT2D eigenvalue weighted by Crippen LogP contribution is -2.32. The Bertz CT molecular complexity index is 899. The van der Waals surface area contributed by atoms with Crippen molar-refractivity contribution in [2.75, 3.05) is 5.32 Å². The van der Waals surface area contributed by atoms with Gasteiger partial charge in [0.1, 0.15) is 0 Å². The van der Waals surface area contributed by atoms with E-state index in [1.165, 1.54) is 12.1 Å². The lowest BCUT2D eigenvalue weighted by molar-refractivity contribution is 0.102. The summed E-state index contributed by atoms with van der Waals surface area (Å²) in [5, 5.41) is 2.82. The number of sulfonamides is 1. The molecule has 5 nitrogen and oxygen atoms in total. The van der Waals surface area contributed by atoms with E-state index in [-0.39, 0.29) is 16.8 Å². The number of carbonyl (C=O) groups is 1. The first-order valence-corrected chi connectivity index (χ1v) is 10.3. The first-order chi connectivity index (χ1) is 12.3. The number of amides is 1. The van der Waals surface area contributed by atoms with Gasteiger partial charge in [-0.1, -0.05) is 30.5 Å². The Morgan fingerprint density at radius 1 is 1.00 bits per heavy atom. The molecule has 0 saturated heterocycles. The number of hydrogen-bond acceptors (Lipinski definition) is 3. The molecule has 0 atom stereocenters. The number of hydrogen-bond donors (Lipinski definition) is 2. The second-order valence-corrected chi connectivity index (χ2v) is 8.61. The topological polar surface area (TPSA) is 75.3 Å². The average molecular weight is 372 g/mol. The van der Waals surface area contributed by atoms with Crippen molar-refractivity contribution in [3.63, 3.8) is 0 Å². The van der Waals surface area contributed by atoms with E-state index in [1.807, 2.05) is 32.0 Å². The van der Waals surface area contributed by atoms with E-state index < -0.39 is 10.0 Å². The summed E-state index contributed by atoms with van der Waals surface area (Å²) in [4.78, 5) is 12.7. The molecular weight excluding hydrogens is 348 g/mol. The van der Waals surface area contributed by atoms with Crippen LogP contribution in [0.2, 0.25) is 0 Å². The highest BCUT2D eigenvalue weighted by molar-refractivity contribution is 7.89. The molecule has 0 aromatic heterocycles. The maximum atomic E-state index is 12.5. The van der Waals surface area contributed by atoms with Crippen LogP contribution in [0.1, 0.15) is 47.2 Å². The zero-order valence-electron chi connectivity index (χ0n) is 15.1. The predicted octanol–water partition coefficient (Wildman–Crippen LogP) is 3.78. The highest BCUT2D eigenvalue weighted by Gasteiger charge is 2.22. The average Bonchev–Trinajstić information content (AvgIpc) is 3.09. The van der Waals surface area contributed by atoms with Crippen LogP contribution in [-0.2, 0) is 10.0 Å². The third kappa shape index (κ3) is 4.31. The van der Waals surface area contributed by atoms with Crippen molar-refractivity contribution in [3.05, 3.63) is 59.2 Å².